The van der Waals surface area contributed by atoms with Crippen LogP contribution in [0.15, 0.2) is 41.3 Å². The molecule has 5 nitrogen and oxygen atoms in total. The number of fused-ring (bicyclic) bond motifs is 1. The molecule has 0 N–H and O–H groups in total. The van der Waals surface area contributed by atoms with E-state index < -0.39 is 0 Å². The molecule has 6 heteroatoms. The van der Waals surface area contributed by atoms with Crippen LogP contribution in [0.5, 0.6) is 11.5 Å². The Morgan fingerprint density at radius 3 is 2.82 bits per heavy atom. The summed E-state index contributed by atoms with van der Waals surface area (Å²) in [4.78, 5) is 21.2. The van der Waals surface area contributed by atoms with Gasteiger partial charge in [0.2, 0.25) is 0 Å². The fourth-order valence-electron chi connectivity index (χ4n) is 2.20. The van der Waals surface area contributed by atoms with Crippen molar-refractivity contribution in [3.05, 3.63) is 57.5 Å². The lowest BCUT2D eigenvalue weighted by atomic mass is 10.1. The third kappa shape index (κ3) is 2.78. The number of hydrogen-bond donors (Lipinski definition) is 0. The van der Waals surface area contributed by atoms with Gasteiger partial charge >= 0.3 is 0 Å². The zero-order chi connectivity index (χ0) is 15.5. The van der Waals surface area contributed by atoms with E-state index in [0.717, 1.165) is 17.1 Å². The molecule has 0 fully saturated rings. The molecule has 3 aromatic rings. The van der Waals surface area contributed by atoms with E-state index in [1.54, 1.807) is 32.5 Å². The number of methoxy groups -OCH3 is 2. The van der Waals surface area contributed by atoms with Gasteiger partial charge in [-0.15, -0.1) is 0 Å². The highest BCUT2D eigenvalue weighted by Gasteiger charge is 2.10. The fourth-order valence-corrected chi connectivity index (χ4v) is 3.16. The van der Waals surface area contributed by atoms with Crippen LogP contribution in [0, 0.1) is 0 Å². The van der Waals surface area contributed by atoms with Gasteiger partial charge < -0.3 is 9.47 Å². The SMILES string of the molecule is COc1ccc(OC)c(Cc2nc(=O)c3cccnc3s2)c1. The van der Waals surface area contributed by atoms with Gasteiger partial charge in [-0.05, 0) is 30.3 Å². The monoisotopic (exact) mass is 314 g/mol. The molecule has 1 aromatic carbocycles. The second-order valence-corrected chi connectivity index (χ2v) is 5.69. The Balaban J connectivity index is 2.04. The molecule has 0 radical (unpaired) electrons. The molecule has 0 bridgehead atoms. The van der Waals surface area contributed by atoms with Gasteiger partial charge in [-0.2, -0.15) is 0 Å². The van der Waals surface area contributed by atoms with Gasteiger partial charge in [0.15, 0.2) is 0 Å². The van der Waals surface area contributed by atoms with Crippen molar-refractivity contribution in [2.75, 3.05) is 14.2 Å². The molecule has 0 amide bonds. The molecule has 22 heavy (non-hydrogen) atoms. The van der Waals surface area contributed by atoms with E-state index in [2.05, 4.69) is 9.97 Å². The van der Waals surface area contributed by atoms with Crippen LogP contribution in [-0.4, -0.2) is 24.2 Å². The molecular formula is C16H14N2O3S. The molecule has 0 saturated carbocycles. The Morgan fingerprint density at radius 2 is 2.05 bits per heavy atom. The Morgan fingerprint density at radius 1 is 1.18 bits per heavy atom. The molecule has 0 spiro atoms. The van der Waals surface area contributed by atoms with E-state index in [0.29, 0.717) is 21.6 Å². The standard InChI is InChI=1S/C16H14N2O3S/c1-20-11-5-6-13(21-2)10(8-11)9-14-18-15(19)12-4-3-7-17-16(12)22-14/h3-8H,9H2,1-2H3. The molecule has 0 unspecified atom stereocenters. The Labute approximate surface area is 131 Å². The summed E-state index contributed by atoms with van der Waals surface area (Å²) in [5, 5.41) is 1.25. The first-order valence-corrected chi connectivity index (χ1v) is 7.48. The zero-order valence-corrected chi connectivity index (χ0v) is 13.0. The van der Waals surface area contributed by atoms with Crippen molar-refractivity contribution < 1.29 is 9.47 Å². The maximum atomic E-state index is 12.1. The number of pyridine rings is 1. The van der Waals surface area contributed by atoms with Crippen molar-refractivity contribution in [1.82, 2.24) is 9.97 Å². The van der Waals surface area contributed by atoms with E-state index in [1.165, 1.54) is 11.3 Å². The summed E-state index contributed by atoms with van der Waals surface area (Å²) >= 11 is 1.41. The minimum atomic E-state index is -0.251. The smallest absolute Gasteiger partial charge is 0.281 e. The molecule has 2 heterocycles. The highest BCUT2D eigenvalue weighted by Crippen LogP contribution is 2.27. The molecular weight excluding hydrogens is 300 g/mol. The van der Waals surface area contributed by atoms with Crippen molar-refractivity contribution in [3.63, 3.8) is 0 Å². The highest BCUT2D eigenvalue weighted by molar-refractivity contribution is 7.17. The van der Waals surface area contributed by atoms with Crippen LogP contribution in [0.25, 0.3) is 10.2 Å². The normalized spacial score (nSPS) is 10.6. The summed E-state index contributed by atoms with van der Waals surface area (Å²) in [7, 11) is 3.23. The maximum absolute atomic E-state index is 12.1. The van der Waals surface area contributed by atoms with Crippen molar-refractivity contribution in [3.8, 4) is 11.5 Å². The van der Waals surface area contributed by atoms with Gasteiger partial charge in [0.05, 0.1) is 19.6 Å². The van der Waals surface area contributed by atoms with Crippen molar-refractivity contribution in [2.24, 2.45) is 0 Å². The third-order valence-corrected chi connectivity index (χ3v) is 4.26. The van der Waals surface area contributed by atoms with Gasteiger partial charge in [0.25, 0.3) is 5.56 Å². The summed E-state index contributed by atoms with van der Waals surface area (Å²) in [6.45, 7) is 0. The average molecular weight is 314 g/mol. The van der Waals surface area contributed by atoms with Gasteiger partial charge in [-0.25, -0.2) is 9.97 Å². The zero-order valence-electron chi connectivity index (χ0n) is 12.2. The van der Waals surface area contributed by atoms with E-state index >= 15 is 0 Å². The summed E-state index contributed by atoms with van der Waals surface area (Å²) < 4.78 is 10.6. The lowest BCUT2D eigenvalue weighted by Gasteiger charge is -2.10. The van der Waals surface area contributed by atoms with Gasteiger partial charge in [-0.3, -0.25) is 4.79 Å². The minimum absolute atomic E-state index is 0.251. The van der Waals surface area contributed by atoms with Crippen LogP contribution < -0.4 is 15.0 Å². The molecule has 0 atom stereocenters. The predicted octanol–water partition coefficient (Wildman–Crippen LogP) is 2.66. The molecule has 3 rings (SSSR count). The van der Waals surface area contributed by atoms with Crippen LogP contribution in [0.1, 0.15) is 10.6 Å². The first kappa shape index (κ1) is 14.5. The number of aromatic nitrogens is 2. The summed E-state index contributed by atoms with van der Waals surface area (Å²) in [5.74, 6) is 1.48. The molecule has 2 aromatic heterocycles. The van der Waals surface area contributed by atoms with E-state index in [-0.39, 0.29) is 5.56 Å². The van der Waals surface area contributed by atoms with Crippen molar-refractivity contribution >= 4 is 21.6 Å². The number of ether oxygens (including phenoxy) is 2. The molecule has 0 aliphatic heterocycles. The highest BCUT2D eigenvalue weighted by atomic mass is 32.1. The summed E-state index contributed by atoms with van der Waals surface area (Å²) in [6.07, 6.45) is 2.17. The van der Waals surface area contributed by atoms with Gasteiger partial charge in [0.1, 0.15) is 21.3 Å². The van der Waals surface area contributed by atoms with Crippen molar-refractivity contribution in [2.45, 2.75) is 6.42 Å². The molecule has 0 aliphatic carbocycles. The quantitative estimate of drug-likeness (QED) is 0.741. The number of nitrogens with zero attached hydrogens (tertiary/aromatic N) is 2. The van der Waals surface area contributed by atoms with Gasteiger partial charge in [-0.1, -0.05) is 11.3 Å². The third-order valence-electron chi connectivity index (χ3n) is 3.27. The first-order chi connectivity index (χ1) is 10.7. The lowest BCUT2D eigenvalue weighted by molar-refractivity contribution is 0.399. The topological polar surface area (TPSA) is 61.3 Å². The van der Waals surface area contributed by atoms with E-state index in [9.17, 15) is 4.79 Å². The van der Waals surface area contributed by atoms with Crippen LogP contribution >= 0.6 is 11.3 Å². The Bertz CT molecular complexity index is 877. The van der Waals surface area contributed by atoms with E-state index in [4.69, 9.17) is 9.47 Å². The van der Waals surface area contributed by atoms with E-state index in [1.807, 2.05) is 18.2 Å². The second-order valence-electron chi connectivity index (χ2n) is 4.62. The lowest BCUT2D eigenvalue weighted by Crippen LogP contribution is -2.09. The number of benzene rings is 1. The van der Waals surface area contributed by atoms with Crippen molar-refractivity contribution in [1.29, 1.82) is 0 Å². The minimum Gasteiger partial charge on any atom is -0.497 e. The Hall–Kier alpha value is -2.47. The van der Waals surface area contributed by atoms with Crippen LogP contribution in [0.2, 0.25) is 0 Å². The largest absolute Gasteiger partial charge is 0.497 e. The molecule has 0 aliphatic rings. The average Bonchev–Trinajstić information content (AvgIpc) is 2.55. The summed E-state index contributed by atoms with van der Waals surface area (Å²) in [5.41, 5.74) is 0.666. The summed E-state index contributed by atoms with van der Waals surface area (Å²) in [6, 6.07) is 9.05. The predicted molar refractivity (Wildman–Crippen MR) is 86.0 cm³/mol. The second kappa shape index (κ2) is 6.11. The number of hydrogen-bond acceptors (Lipinski definition) is 6. The first-order valence-electron chi connectivity index (χ1n) is 6.67. The molecule has 0 saturated heterocycles. The fraction of sp³-hybridized carbons (Fsp3) is 0.188. The van der Waals surface area contributed by atoms with Crippen LogP contribution in [0.3, 0.4) is 0 Å². The van der Waals surface area contributed by atoms with Gasteiger partial charge in [0, 0.05) is 18.2 Å². The van der Waals surface area contributed by atoms with Crippen LogP contribution in [0.4, 0.5) is 0 Å². The Kier molecular flexibility index (Phi) is 4.02. The molecule has 112 valence electrons. The maximum Gasteiger partial charge on any atom is 0.281 e. The van der Waals surface area contributed by atoms with Crippen LogP contribution in [-0.2, 0) is 6.42 Å². The number of rotatable bonds is 4.